The van der Waals surface area contributed by atoms with Crippen molar-refractivity contribution >= 4 is 0 Å². The van der Waals surface area contributed by atoms with Crippen molar-refractivity contribution in [1.29, 1.82) is 0 Å². The smallest absolute Gasteiger partial charge is 0.194 e. The Morgan fingerprint density at radius 1 is 1.21 bits per heavy atom. The normalized spacial score (nSPS) is 15.3. The summed E-state index contributed by atoms with van der Waals surface area (Å²) in [7, 11) is 0. The predicted molar refractivity (Wildman–Crippen MR) is 44.9 cm³/mol. The molecule has 0 bridgehead atoms. The average molecular weight is 205 g/mol. The molecule has 0 fully saturated rings. The average Bonchev–Trinajstić information content (AvgIpc) is 2.12. The monoisotopic (exact) mass is 205 g/mol. The summed E-state index contributed by atoms with van der Waals surface area (Å²) in [6, 6.07) is 0.616. The summed E-state index contributed by atoms with van der Waals surface area (Å²) in [5.74, 6) is -4.15. The summed E-state index contributed by atoms with van der Waals surface area (Å²) in [6.45, 7) is 1.38. The first-order valence-corrected chi connectivity index (χ1v) is 4.01. The van der Waals surface area contributed by atoms with Gasteiger partial charge in [0.25, 0.3) is 0 Å². The van der Waals surface area contributed by atoms with Gasteiger partial charge in [0.2, 0.25) is 0 Å². The first kappa shape index (κ1) is 11.0. The van der Waals surface area contributed by atoms with E-state index >= 15 is 0 Å². The summed E-state index contributed by atoms with van der Waals surface area (Å²) >= 11 is 0. The quantitative estimate of drug-likeness (QED) is 0.718. The lowest BCUT2D eigenvalue weighted by atomic mass is 10.0. The van der Waals surface area contributed by atoms with Crippen molar-refractivity contribution in [3.05, 3.63) is 35.1 Å². The molecule has 0 amide bonds. The highest BCUT2D eigenvalue weighted by Gasteiger charge is 2.17. The molecule has 2 atom stereocenters. The molecular weight excluding hydrogens is 195 g/mol. The van der Waals surface area contributed by atoms with E-state index in [1.54, 1.807) is 0 Å². The maximum atomic E-state index is 12.7. The van der Waals surface area contributed by atoms with Gasteiger partial charge in [-0.3, -0.25) is 0 Å². The van der Waals surface area contributed by atoms with Crippen LogP contribution in [-0.4, -0.2) is 11.2 Å². The van der Waals surface area contributed by atoms with E-state index in [2.05, 4.69) is 0 Å². The molecule has 14 heavy (non-hydrogen) atoms. The van der Waals surface area contributed by atoms with Crippen molar-refractivity contribution in [2.45, 2.75) is 19.1 Å². The van der Waals surface area contributed by atoms with E-state index in [0.29, 0.717) is 0 Å². The van der Waals surface area contributed by atoms with Crippen LogP contribution >= 0.6 is 0 Å². The second-order valence-corrected chi connectivity index (χ2v) is 3.06. The molecular formula is C9H10F3NO. The van der Waals surface area contributed by atoms with Crippen LogP contribution in [0, 0.1) is 17.5 Å². The van der Waals surface area contributed by atoms with Crippen LogP contribution in [0.3, 0.4) is 0 Å². The first-order valence-electron chi connectivity index (χ1n) is 4.01. The molecule has 1 aromatic rings. The number of halogens is 3. The van der Waals surface area contributed by atoms with Crippen LogP contribution < -0.4 is 5.73 Å². The fourth-order valence-corrected chi connectivity index (χ4v) is 1.05. The standard InChI is InChI=1S/C9H10F3NO/c1-4(14)9(13)5-2-6(10)8(12)7(11)3-5/h2-4,9,14H,13H2,1H3/t4-,9-/m0/s1. The minimum Gasteiger partial charge on any atom is -0.391 e. The van der Waals surface area contributed by atoms with Gasteiger partial charge in [-0.1, -0.05) is 0 Å². The summed E-state index contributed by atoms with van der Waals surface area (Å²) in [5.41, 5.74) is 5.44. The second kappa shape index (κ2) is 3.98. The van der Waals surface area contributed by atoms with Crippen molar-refractivity contribution in [3.8, 4) is 0 Å². The van der Waals surface area contributed by atoms with E-state index in [1.807, 2.05) is 0 Å². The van der Waals surface area contributed by atoms with E-state index in [0.717, 1.165) is 12.1 Å². The zero-order chi connectivity index (χ0) is 10.9. The van der Waals surface area contributed by atoms with Crippen LogP contribution in [-0.2, 0) is 0 Å². The van der Waals surface area contributed by atoms with Gasteiger partial charge in [-0.25, -0.2) is 13.2 Å². The summed E-state index contributed by atoms with van der Waals surface area (Å²) < 4.78 is 37.9. The van der Waals surface area contributed by atoms with Crippen LogP contribution in [0.2, 0.25) is 0 Å². The summed E-state index contributed by atoms with van der Waals surface area (Å²) in [5, 5.41) is 9.06. The van der Waals surface area contributed by atoms with Crippen LogP contribution in [0.15, 0.2) is 12.1 Å². The first-order chi connectivity index (χ1) is 6.43. The maximum absolute atomic E-state index is 12.7. The largest absolute Gasteiger partial charge is 0.391 e. The molecule has 0 aliphatic rings. The molecule has 0 saturated heterocycles. The van der Waals surface area contributed by atoms with E-state index in [1.165, 1.54) is 6.92 Å². The molecule has 5 heteroatoms. The van der Waals surface area contributed by atoms with Gasteiger partial charge < -0.3 is 10.8 Å². The third kappa shape index (κ3) is 2.05. The molecule has 0 saturated carbocycles. The van der Waals surface area contributed by atoms with Crippen LogP contribution in [0.4, 0.5) is 13.2 Å². The molecule has 0 aliphatic heterocycles. The number of benzene rings is 1. The lowest BCUT2D eigenvalue weighted by molar-refractivity contribution is 0.164. The second-order valence-electron chi connectivity index (χ2n) is 3.06. The summed E-state index contributed by atoms with van der Waals surface area (Å²) in [6.07, 6.45) is -0.959. The Kier molecular flexibility index (Phi) is 3.13. The van der Waals surface area contributed by atoms with Crippen molar-refractivity contribution in [2.24, 2.45) is 5.73 Å². The van der Waals surface area contributed by atoms with Gasteiger partial charge in [0, 0.05) is 0 Å². The van der Waals surface area contributed by atoms with Crippen molar-refractivity contribution in [3.63, 3.8) is 0 Å². The molecule has 3 N–H and O–H groups in total. The maximum Gasteiger partial charge on any atom is 0.194 e. The highest BCUT2D eigenvalue weighted by Crippen LogP contribution is 2.19. The van der Waals surface area contributed by atoms with E-state index in [9.17, 15) is 13.2 Å². The van der Waals surface area contributed by atoms with Gasteiger partial charge in [0.15, 0.2) is 17.5 Å². The lowest BCUT2D eigenvalue weighted by Gasteiger charge is -2.15. The topological polar surface area (TPSA) is 46.2 Å². The van der Waals surface area contributed by atoms with Crippen molar-refractivity contribution < 1.29 is 18.3 Å². The molecule has 0 spiro atoms. The van der Waals surface area contributed by atoms with Gasteiger partial charge in [-0.2, -0.15) is 0 Å². The van der Waals surface area contributed by atoms with Gasteiger partial charge >= 0.3 is 0 Å². The third-order valence-corrected chi connectivity index (χ3v) is 1.91. The van der Waals surface area contributed by atoms with E-state index in [4.69, 9.17) is 10.8 Å². The lowest BCUT2D eigenvalue weighted by Crippen LogP contribution is -2.23. The Balaban J connectivity index is 3.12. The van der Waals surface area contributed by atoms with Crippen LogP contribution in [0.25, 0.3) is 0 Å². The molecule has 0 aromatic heterocycles. The van der Waals surface area contributed by atoms with Gasteiger partial charge in [0.05, 0.1) is 12.1 Å². The summed E-state index contributed by atoms with van der Waals surface area (Å²) in [4.78, 5) is 0. The predicted octanol–water partition coefficient (Wildman–Crippen LogP) is 1.48. The Bertz CT molecular complexity index is 318. The zero-order valence-corrected chi connectivity index (χ0v) is 7.47. The fourth-order valence-electron chi connectivity index (χ4n) is 1.05. The molecule has 2 nitrogen and oxygen atoms in total. The highest BCUT2D eigenvalue weighted by atomic mass is 19.2. The number of hydrogen-bond acceptors (Lipinski definition) is 2. The number of hydrogen-bond donors (Lipinski definition) is 2. The van der Waals surface area contributed by atoms with Crippen LogP contribution in [0.1, 0.15) is 18.5 Å². The Hall–Kier alpha value is -1.07. The molecule has 0 heterocycles. The van der Waals surface area contributed by atoms with Crippen molar-refractivity contribution in [1.82, 2.24) is 0 Å². The Morgan fingerprint density at radius 3 is 2.00 bits per heavy atom. The molecule has 1 aromatic carbocycles. The van der Waals surface area contributed by atoms with Gasteiger partial charge in [-0.15, -0.1) is 0 Å². The number of nitrogens with two attached hydrogens (primary N) is 1. The Morgan fingerprint density at radius 2 is 1.64 bits per heavy atom. The highest BCUT2D eigenvalue weighted by molar-refractivity contribution is 5.23. The van der Waals surface area contributed by atoms with Crippen molar-refractivity contribution in [2.75, 3.05) is 0 Å². The Labute approximate surface area is 79.2 Å². The number of aliphatic hydroxyl groups is 1. The zero-order valence-electron chi connectivity index (χ0n) is 7.47. The molecule has 78 valence electrons. The molecule has 0 radical (unpaired) electrons. The minimum atomic E-state index is -1.54. The van der Waals surface area contributed by atoms with E-state index < -0.39 is 29.6 Å². The minimum absolute atomic E-state index is 0.0244. The van der Waals surface area contributed by atoms with Gasteiger partial charge in [0.1, 0.15) is 0 Å². The van der Waals surface area contributed by atoms with Gasteiger partial charge in [-0.05, 0) is 24.6 Å². The van der Waals surface area contributed by atoms with Crippen LogP contribution in [0.5, 0.6) is 0 Å². The SMILES string of the molecule is C[C@H](O)[C@H](N)c1cc(F)c(F)c(F)c1. The third-order valence-electron chi connectivity index (χ3n) is 1.91. The van der Waals surface area contributed by atoms with E-state index in [-0.39, 0.29) is 5.56 Å². The molecule has 0 unspecified atom stereocenters. The number of aliphatic hydroxyl groups excluding tert-OH is 1. The molecule has 0 aliphatic carbocycles. The number of rotatable bonds is 2. The fraction of sp³-hybridized carbons (Fsp3) is 0.333. The molecule has 1 rings (SSSR count).